The molecule has 3 nitrogen and oxygen atoms in total. The molecule has 1 aliphatic rings. The van der Waals surface area contributed by atoms with Gasteiger partial charge in [0.1, 0.15) is 0 Å². The number of hydrogen-bond acceptors (Lipinski definition) is 2. The molecule has 0 saturated heterocycles. The molecule has 0 aliphatic heterocycles. The Balaban J connectivity index is 2.14. The molecule has 1 fully saturated rings. The summed E-state index contributed by atoms with van der Waals surface area (Å²) in [5.41, 5.74) is 1.19. The Morgan fingerprint density at radius 1 is 1.35 bits per heavy atom. The van der Waals surface area contributed by atoms with E-state index in [4.69, 9.17) is 11.6 Å². The zero-order valence-corrected chi connectivity index (χ0v) is 13.8. The lowest BCUT2D eigenvalue weighted by molar-refractivity contribution is 0.218. The summed E-state index contributed by atoms with van der Waals surface area (Å²) in [5.74, 6) is 1.62. The Morgan fingerprint density at radius 2 is 2.05 bits per heavy atom. The maximum Gasteiger partial charge on any atom is 0.0834 e. The van der Waals surface area contributed by atoms with E-state index in [1.807, 2.05) is 0 Å². The molecule has 1 aliphatic carbocycles. The minimum Gasteiger partial charge on any atom is -0.311 e. The van der Waals surface area contributed by atoms with E-state index in [1.165, 1.54) is 37.8 Å². The van der Waals surface area contributed by atoms with E-state index in [-0.39, 0.29) is 0 Å². The Bertz CT molecular complexity index is 408. The van der Waals surface area contributed by atoms with Gasteiger partial charge in [0.25, 0.3) is 0 Å². The fourth-order valence-corrected chi connectivity index (χ4v) is 3.86. The predicted octanol–water partition coefficient (Wildman–Crippen LogP) is 4.42. The monoisotopic (exact) mass is 297 g/mol. The lowest BCUT2D eigenvalue weighted by atomic mass is 9.77. The molecule has 4 heteroatoms. The molecule has 2 rings (SSSR count). The molecule has 0 amide bonds. The van der Waals surface area contributed by atoms with Crippen molar-refractivity contribution >= 4 is 11.6 Å². The molecule has 0 spiro atoms. The smallest absolute Gasteiger partial charge is 0.0834 e. The second-order valence-corrected chi connectivity index (χ2v) is 6.46. The highest BCUT2D eigenvalue weighted by Gasteiger charge is 2.30. The van der Waals surface area contributed by atoms with Crippen molar-refractivity contribution in [2.24, 2.45) is 11.8 Å². The summed E-state index contributed by atoms with van der Waals surface area (Å²) >= 11 is 6.41. The van der Waals surface area contributed by atoms with E-state index in [9.17, 15) is 0 Å². The molecule has 1 atom stereocenters. The molecule has 1 N–H and O–H groups in total. The van der Waals surface area contributed by atoms with Gasteiger partial charge in [0.05, 0.1) is 23.0 Å². The summed E-state index contributed by atoms with van der Waals surface area (Å²) in [4.78, 5) is 0. The number of rotatable bonds is 6. The van der Waals surface area contributed by atoms with Crippen molar-refractivity contribution < 1.29 is 0 Å². The second kappa shape index (κ2) is 7.46. The van der Waals surface area contributed by atoms with Crippen LogP contribution in [0.4, 0.5) is 0 Å². The molecular formula is C16H28ClN3. The summed E-state index contributed by atoms with van der Waals surface area (Å²) in [5, 5.41) is 8.76. The van der Waals surface area contributed by atoms with Gasteiger partial charge in [-0.15, -0.1) is 0 Å². The normalized spacial score (nSPS) is 24.8. The van der Waals surface area contributed by atoms with Gasteiger partial charge in [-0.05, 0) is 38.1 Å². The Hall–Kier alpha value is -0.540. The SMILES string of the molecule is CCCn1ncc(Cl)c1C(NC)C1CCC(CC)CC1. The first kappa shape index (κ1) is 15.8. The van der Waals surface area contributed by atoms with Crippen molar-refractivity contribution in [3.63, 3.8) is 0 Å². The van der Waals surface area contributed by atoms with Crippen molar-refractivity contribution in [2.75, 3.05) is 7.05 Å². The van der Waals surface area contributed by atoms with Gasteiger partial charge in [-0.25, -0.2) is 0 Å². The summed E-state index contributed by atoms with van der Waals surface area (Å²) in [6.45, 7) is 5.44. The molecule has 20 heavy (non-hydrogen) atoms. The van der Waals surface area contributed by atoms with Crippen LogP contribution in [-0.2, 0) is 6.54 Å². The minimum absolute atomic E-state index is 0.342. The predicted molar refractivity (Wildman–Crippen MR) is 85.1 cm³/mol. The Labute approximate surface area is 128 Å². The first-order chi connectivity index (χ1) is 9.71. The van der Waals surface area contributed by atoms with Crippen LogP contribution in [0, 0.1) is 11.8 Å². The van der Waals surface area contributed by atoms with Gasteiger partial charge in [-0.1, -0.05) is 44.7 Å². The van der Waals surface area contributed by atoms with Crippen LogP contribution >= 0.6 is 11.6 Å². The van der Waals surface area contributed by atoms with Crippen LogP contribution in [0.2, 0.25) is 5.02 Å². The van der Waals surface area contributed by atoms with Crippen molar-refractivity contribution in [3.8, 4) is 0 Å². The summed E-state index contributed by atoms with van der Waals surface area (Å²) < 4.78 is 2.09. The quantitative estimate of drug-likeness (QED) is 0.842. The fraction of sp³-hybridized carbons (Fsp3) is 0.812. The molecule has 0 radical (unpaired) electrons. The van der Waals surface area contributed by atoms with Gasteiger partial charge in [0.15, 0.2) is 0 Å². The van der Waals surface area contributed by atoms with E-state index in [0.717, 1.165) is 23.9 Å². The van der Waals surface area contributed by atoms with Crippen molar-refractivity contribution in [2.45, 2.75) is 65.0 Å². The van der Waals surface area contributed by atoms with Gasteiger partial charge in [-0.2, -0.15) is 5.10 Å². The van der Waals surface area contributed by atoms with Crippen LogP contribution in [0.15, 0.2) is 6.20 Å². The third kappa shape index (κ3) is 3.37. The van der Waals surface area contributed by atoms with Crippen LogP contribution in [-0.4, -0.2) is 16.8 Å². The third-order valence-corrected chi connectivity index (χ3v) is 5.11. The van der Waals surface area contributed by atoms with E-state index < -0.39 is 0 Å². The van der Waals surface area contributed by atoms with Crippen molar-refractivity contribution in [3.05, 3.63) is 16.9 Å². The lowest BCUT2D eigenvalue weighted by Gasteiger charge is -2.34. The average molecular weight is 298 g/mol. The number of aromatic nitrogens is 2. The Morgan fingerprint density at radius 3 is 2.60 bits per heavy atom. The van der Waals surface area contributed by atoms with Crippen LogP contribution in [0.25, 0.3) is 0 Å². The van der Waals surface area contributed by atoms with Crippen LogP contribution in [0.5, 0.6) is 0 Å². The standard InChI is InChI=1S/C16H28ClN3/c1-4-10-20-16(14(17)11-19-20)15(18-3)13-8-6-12(5-2)7-9-13/h11-13,15,18H,4-10H2,1-3H3. The number of aryl methyl sites for hydroxylation is 1. The van der Waals surface area contributed by atoms with Gasteiger partial charge in [0, 0.05) is 6.54 Å². The van der Waals surface area contributed by atoms with Crippen LogP contribution in [0.1, 0.15) is 64.1 Å². The topological polar surface area (TPSA) is 29.9 Å². The van der Waals surface area contributed by atoms with E-state index in [2.05, 4.69) is 36.0 Å². The number of nitrogens with one attached hydrogen (secondary N) is 1. The molecular weight excluding hydrogens is 270 g/mol. The summed E-state index contributed by atoms with van der Waals surface area (Å²) in [7, 11) is 2.05. The van der Waals surface area contributed by atoms with E-state index >= 15 is 0 Å². The molecule has 1 aromatic rings. The van der Waals surface area contributed by atoms with Crippen molar-refractivity contribution in [1.82, 2.24) is 15.1 Å². The number of halogens is 1. The van der Waals surface area contributed by atoms with E-state index in [0.29, 0.717) is 12.0 Å². The highest BCUT2D eigenvalue weighted by Crippen LogP contribution is 2.39. The van der Waals surface area contributed by atoms with E-state index in [1.54, 1.807) is 6.20 Å². The maximum atomic E-state index is 6.41. The third-order valence-electron chi connectivity index (χ3n) is 4.81. The van der Waals surface area contributed by atoms with Crippen LogP contribution in [0.3, 0.4) is 0 Å². The van der Waals surface area contributed by atoms with Gasteiger partial charge >= 0.3 is 0 Å². The van der Waals surface area contributed by atoms with Crippen molar-refractivity contribution in [1.29, 1.82) is 0 Å². The maximum absolute atomic E-state index is 6.41. The largest absolute Gasteiger partial charge is 0.311 e. The van der Waals surface area contributed by atoms with Gasteiger partial charge in [0.2, 0.25) is 0 Å². The average Bonchev–Trinajstić information content (AvgIpc) is 2.83. The molecule has 0 aromatic carbocycles. The summed E-state index contributed by atoms with van der Waals surface area (Å²) in [6.07, 6.45) is 9.54. The molecule has 114 valence electrons. The molecule has 1 unspecified atom stereocenters. The molecule has 1 heterocycles. The second-order valence-electron chi connectivity index (χ2n) is 6.06. The number of nitrogens with zero attached hydrogens (tertiary/aromatic N) is 2. The Kier molecular flexibility index (Phi) is 5.91. The summed E-state index contributed by atoms with van der Waals surface area (Å²) in [6, 6.07) is 0.342. The molecule has 1 aromatic heterocycles. The minimum atomic E-state index is 0.342. The van der Waals surface area contributed by atoms with Crippen LogP contribution < -0.4 is 5.32 Å². The van der Waals surface area contributed by atoms with Gasteiger partial charge in [-0.3, -0.25) is 4.68 Å². The first-order valence-electron chi connectivity index (χ1n) is 8.09. The highest BCUT2D eigenvalue weighted by atomic mass is 35.5. The highest BCUT2D eigenvalue weighted by molar-refractivity contribution is 6.31. The molecule has 1 saturated carbocycles. The lowest BCUT2D eigenvalue weighted by Crippen LogP contribution is -2.31. The first-order valence-corrected chi connectivity index (χ1v) is 8.47. The number of hydrogen-bond donors (Lipinski definition) is 1. The van der Waals surface area contributed by atoms with Gasteiger partial charge < -0.3 is 5.32 Å². The zero-order valence-electron chi connectivity index (χ0n) is 13.0. The zero-order chi connectivity index (χ0) is 14.5. The fourth-order valence-electron chi connectivity index (χ4n) is 3.60. The molecule has 0 bridgehead atoms.